The van der Waals surface area contributed by atoms with Gasteiger partial charge < -0.3 is 19.5 Å². The first-order valence-electron chi connectivity index (χ1n) is 15.5. The maximum absolute atomic E-state index is 13.5. The maximum Gasteiger partial charge on any atom is 0.420 e. The number of amides is 2. The van der Waals surface area contributed by atoms with Crippen LogP contribution in [0.2, 0.25) is 5.02 Å². The van der Waals surface area contributed by atoms with Crippen LogP contribution in [-0.2, 0) is 31.7 Å². The fourth-order valence-electron chi connectivity index (χ4n) is 3.91. The molecule has 2 aromatic heterocycles. The zero-order valence-electron chi connectivity index (χ0n) is 29.5. The first-order valence-corrected chi connectivity index (χ1v) is 18.6. The van der Waals surface area contributed by atoms with E-state index in [4.69, 9.17) is 25.8 Å². The summed E-state index contributed by atoms with van der Waals surface area (Å²) in [6, 6.07) is 16.4. The number of pyridine rings is 1. The molecule has 2 heterocycles. The fraction of sp³-hybridized carbons (Fsp3) is 0.306. The number of halogens is 3. The number of carbonyl (C=O) groups excluding carboxylic acids is 2. The molecule has 1 N–H and O–H groups in total. The van der Waals surface area contributed by atoms with Crippen LogP contribution in [0.5, 0.6) is 5.75 Å². The van der Waals surface area contributed by atoms with E-state index in [-0.39, 0.29) is 19.0 Å². The summed E-state index contributed by atoms with van der Waals surface area (Å²) in [5, 5.41) is 3.53. The number of anilines is 2. The van der Waals surface area contributed by atoms with Gasteiger partial charge in [-0.1, -0.05) is 35.7 Å². The summed E-state index contributed by atoms with van der Waals surface area (Å²) < 4.78 is 48.9. The third-order valence-corrected chi connectivity index (χ3v) is 6.17. The van der Waals surface area contributed by atoms with Crippen LogP contribution < -0.4 is 10.1 Å². The minimum Gasteiger partial charge on any atom is -0.487 e. The fourth-order valence-corrected chi connectivity index (χ4v) is 4.14. The van der Waals surface area contributed by atoms with Gasteiger partial charge in [-0.2, -0.15) is 0 Å². The van der Waals surface area contributed by atoms with Crippen LogP contribution in [0.15, 0.2) is 73.2 Å². The highest BCUT2D eigenvalue weighted by atomic mass is 35.7. The Labute approximate surface area is 312 Å². The molecule has 276 valence electrons. The molecule has 12 nitrogen and oxygen atoms in total. The molecular formula is C36H38Cl2FN5O7S. The van der Waals surface area contributed by atoms with Crippen molar-refractivity contribution in [2.24, 2.45) is 0 Å². The van der Waals surface area contributed by atoms with Gasteiger partial charge >= 0.3 is 12.2 Å². The van der Waals surface area contributed by atoms with E-state index in [2.05, 4.69) is 42.8 Å². The van der Waals surface area contributed by atoms with Gasteiger partial charge in [0.25, 0.3) is 0 Å². The topological polar surface area (TPSA) is 150 Å². The van der Waals surface area contributed by atoms with Crippen molar-refractivity contribution in [1.82, 2.24) is 19.9 Å². The van der Waals surface area contributed by atoms with E-state index < -0.39 is 32.4 Å². The predicted molar refractivity (Wildman–Crippen MR) is 196 cm³/mol. The van der Waals surface area contributed by atoms with E-state index in [1.165, 1.54) is 18.5 Å². The molecule has 0 aliphatic rings. The lowest BCUT2D eigenvalue weighted by molar-refractivity contribution is -0.000498. The summed E-state index contributed by atoms with van der Waals surface area (Å²) in [5.41, 5.74) is 0.903. The molecule has 0 atom stereocenters. The van der Waals surface area contributed by atoms with Crippen LogP contribution in [0, 0.1) is 17.7 Å². The average molecular weight is 775 g/mol. The Hall–Kier alpha value is -4.97. The van der Waals surface area contributed by atoms with Gasteiger partial charge in [-0.25, -0.2) is 42.2 Å². The number of ether oxygens (including phenoxy) is 3. The van der Waals surface area contributed by atoms with Gasteiger partial charge in [-0.3, -0.25) is 0 Å². The predicted octanol–water partition coefficient (Wildman–Crippen LogP) is 8.24. The number of hydrogen-bond acceptors (Lipinski definition) is 11. The Morgan fingerprint density at radius 3 is 2.17 bits per heavy atom. The molecule has 2 amide bonds. The standard InChI is InChI=1S/C35H35ClFN5O5.CH3ClO2S/c1-34(2,3)46-32(43)42(33(44)47-35(4,5)6)20-28-12-8-11-26(40-28)14-13-24-19-38-22-39-31(24)41-27-15-16-30(29(36)18-27)45-21-23-9-7-10-25(37)17-23;1-5(2,3)4/h7-12,15-19,22H,20-21H2,1-6H3,(H,38,39,41);1H3. The number of rotatable bonds is 7. The molecule has 4 aromatic rings. The molecule has 0 spiro atoms. The highest BCUT2D eigenvalue weighted by Gasteiger charge is 2.31. The molecule has 0 unspecified atom stereocenters. The van der Waals surface area contributed by atoms with Crippen LogP contribution in [0.4, 0.5) is 25.5 Å². The van der Waals surface area contributed by atoms with Gasteiger partial charge in [0, 0.05) is 22.6 Å². The van der Waals surface area contributed by atoms with E-state index in [1.54, 1.807) is 96.3 Å². The summed E-state index contributed by atoms with van der Waals surface area (Å²) in [4.78, 5) is 39.6. The van der Waals surface area contributed by atoms with Crippen molar-refractivity contribution in [2.45, 2.75) is 65.9 Å². The maximum atomic E-state index is 13.5. The second-order valence-electron chi connectivity index (χ2n) is 13.0. The summed E-state index contributed by atoms with van der Waals surface area (Å²) in [7, 11) is 1.31. The Morgan fingerprint density at radius 2 is 1.58 bits per heavy atom. The first-order chi connectivity index (χ1) is 24.1. The Morgan fingerprint density at radius 1 is 0.942 bits per heavy atom. The lowest BCUT2D eigenvalue weighted by Crippen LogP contribution is -2.43. The van der Waals surface area contributed by atoms with E-state index >= 15 is 0 Å². The minimum atomic E-state index is -3.19. The highest BCUT2D eigenvalue weighted by Crippen LogP contribution is 2.30. The molecule has 16 heteroatoms. The van der Waals surface area contributed by atoms with Crippen molar-refractivity contribution in [2.75, 3.05) is 11.6 Å². The first kappa shape index (κ1) is 41.5. The number of aromatic nitrogens is 3. The molecule has 4 rings (SSSR count). The smallest absolute Gasteiger partial charge is 0.420 e. The zero-order chi connectivity index (χ0) is 38.7. The number of nitrogens with one attached hydrogen (secondary N) is 1. The van der Waals surface area contributed by atoms with E-state index in [9.17, 15) is 22.4 Å². The lowest BCUT2D eigenvalue weighted by atomic mass is 10.2. The van der Waals surface area contributed by atoms with Crippen molar-refractivity contribution in [3.05, 3.63) is 107 Å². The van der Waals surface area contributed by atoms with E-state index in [0.717, 1.165) is 11.2 Å². The lowest BCUT2D eigenvalue weighted by Gasteiger charge is -2.28. The summed E-state index contributed by atoms with van der Waals surface area (Å²) >= 11 is 6.46. The van der Waals surface area contributed by atoms with Crippen molar-refractivity contribution < 1.29 is 36.6 Å². The normalized spacial score (nSPS) is 11.2. The second-order valence-corrected chi connectivity index (χ2v) is 16.4. The molecule has 0 aliphatic carbocycles. The second kappa shape index (κ2) is 18.0. The SMILES string of the molecule is CC(C)(C)OC(=O)N(Cc1cccc(C#Cc2cncnc2Nc2ccc(OCc3cccc(F)c3)c(Cl)c2)n1)C(=O)OC(C)(C)C.CS(=O)(=O)Cl. The van der Waals surface area contributed by atoms with Gasteiger partial charge in [0.2, 0.25) is 9.05 Å². The van der Waals surface area contributed by atoms with Gasteiger partial charge in [-0.15, -0.1) is 0 Å². The highest BCUT2D eigenvalue weighted by molar-refractivity contribution is 8.13. The van der Waals surface area contributed by atoms with Crippen LogP contribution >= 0.6 is 22.3 Å². The van der Waals surface area contributed by atoms with Gasteiger partial charge in [0.15, 0.2) is 0 Å². The van der Waals surface area contributed by atoms with Crippen molar-refractivity contribution >= 4 is 55.0 Å². The van der Waals surface area contributed by atoms with Gasteiger partial charge in [0.1, 0.15) is 47.2 Å². The molecule has 0 saturated heterocycles. The van der Waals surface area contributed by atoms with Crippen molar-refractivity contribution in [1.29, 1.82) is 0 Å². The van der Waals surface area contributed by atoms with Crippen molar-refractivity contribution in [3.63, 3.8) is 0 Å². The average Bonchev–Trinajstić information content (AvgIpc) is 3.00. The Bertz CT molecular complexity index is 2020. The number of carbonyl (C=O) groups is 2. The quantitative estimate of drug-likeness (QED) is 0.143. The molecule has 2 aromatic carbocycles. The monoisotopic (exact) mass is 773 g/mol. The molecule has 0 bridgehead atoms. The van der Waals surface area contributed by atoms with Crippen LogP contribution in [-0.4, -0.2) is 57.9 Å². The van der Waals surface area contributed by atoms with E-state index in [0.29, 0.717) is 44.8 Å². The van der Waals surface area contributed by atoms with Crippen LogP contribution in [0.1, 0.15) is 64.1 Å². The number of benzene rings is 2. The van der Waals surface area contributed by atoms with Crippen LogP contribution in [0.3, 0.4) is 0 Å². The molecule has 52 heavy (non-hydrogen) atoms. The minimum absolute atomic E-state index is 0.158. The van der Waals surface area contributed by atoms with Crippen LogP contribution in [0.25, 0.3) is 0 Å². The molecular weight excluding hydrogens is 736 g/mol. The largest absolute Gasteiger partial charge is 0.487 e. The Kier molecular flexibility index (Phi) is 14.3. The summed E-state index contributed by atoms with van der Waals surface area (Å²) in [6.07, 6.45) is 2.15. The van der Waals surface area contributed by atoms with Crippen molar-refractivity contribution in [3.8, 4) is 17.6 Å². The van der Waals surface area contributed by atoms with E-state index in [1.807, 2.05) is 0 Å². The molecule has 0 radical (unpaired) electrons. The van der Waals surface area contributed by atoms with Gasteiger partial charge in [0.05, 0.1) is 29.1 Å². The van der Waals surface area contributed by atoms with Gasteiger partial charge in [-0.05, 0) is 95.5 Å². The molecule has 0 fully saturated rings. The molecule has 0 saturated carbocycles. The number of nitrogens with zero attached hydrogens (tertiary/aromatic N) is 4. The number of imide groups is 1. The third kappa shape index (κ3) is 15.5. The summed E-state index contributed by atoms with van der Waals surface area (Å²) in [6.45, 7) is 10.2. The number of hydrogen-bond donors (Lipinski definition) is 1. The summed E-state index contributed by atoms with van der Waals surface area (Å²) in [5.74, 6) is 6.53. The Balaban J connectivity index is 0.00000136. The zero-order valence-corrected chi connectivity index (χ0v) is 31.9. The molecule has 0 aliphatic heterocycles. The third-order valence-electron chi connectivity index (χ3n) is 5.87.